The Balaban J connectivity index is 1.31. The number of hydrogen-bond acceptors (Lipinski definition) is 4. The lowest BCUT2D eigenvalue weighted by atomic mass is 10.0. The van der Waals surface area contributed by atoms with Gasteiger partial charge < -0.3 is 4.98 Å². The molecule has 0 unspecified atom stereocenters. The van der Waals surface area contributed by atoms with E-state index in [9.17, 15) is 0 Å². The molecule has 0 aliphatic carbocycles. The lowest BCUT2D eigenvalue weighted by molar-refractivity contribution is 0.331. The zero-order chi connectivity index (χ0) is 20.6. The van der Waals surface area contributed by atoms with Crippen molar-refractivity contribution in [3.63, 3.8) is 0 Å². The van der Waals surface area contributed by atoms with Gasteiger partial charge >= 0.3 is 0 Å². The number of benzene rings is 1. The van der Waals surface area contributed by atoms with Gasteiger partial charge in [0.2, 0.25) is 0 Å². The second-order valence-electron chi connectivity index (χ2n) is 8.19. The molecule has 4 aromatic heterocycles. The molecule has 0 amide bonds. The number of aromatic nitrogens is 4. The Kier molecular flexibility index (Phi) is 4.66. The van der Waals surface area contributed by atoms with Crippen molar-refractivity contribution in [3.8, 4) is 33.8 Å². The van der Waals surface area contributed by atoms with Crippen molar-refractivity contribution >= 4 is 22.2 Å². The summed E-state index contributed by atoms with van der Waals surface area (Å²) in [4.78, 5) is 10.5. The first-order valence-corrected chi connectivity index (χ1v) is 11.6. The van der Waals surface area contributed by atoms with Crippen LogP contribution in [0.1, 0.15) is 18.4 Å². The molecule has 154 valence electrons. The minimum atomic E-state index is 0.910. The first kappa shape index (κ1) is 18.5. The van der Waals surface area contributed by atoms with Crippen LogP contribution in [0.3, 0.4) is 0 Å². The van der Waals surface area contributed by atoms with Gasteiger partial charge in [0.05, 0.1) is 11.4 Å². The first-order chi connectivity index (χ1) is 15.3. The van der Waals surface area contributed by atoms with Crippen LogP contribution in [0.5, 0.6) is 0 Å². The van der Waals surface area contributed by atoms with Crippen LogP contribution in [0.25, 0.3) is 44.7 Å². The van der Waals surface area contributed by atoms with Crippen molar-refractivity contribution in [1.29, 1.82) is 0 Å². The number of thiophene rings is 1. The Hall–Kier alpha value is -3.22. The molecular weight excluding hydrogens is 402 g/mol. The van der Waals surface area contributed by atoms with Gasteiger partial charge in [0, 0.05) is 35.4 Å². The molecule has 0 spiro atoms. The Morgan fingerprint density at radius 2 is 1.90 bits per heavy atom. The number of aromatic amines is 2. The lowest BCUT2D eigenvalue weighted by Crippen LogP contribution is -2.18. The van der Waals surface area contributed by atoms with Crippen LogP contribution in [0.15, 0.2) is 65.6 Å². The summed E-state index contributed by atoms with van der Waals surface area (Å²) in [5.41, 5.74) is 8.86. The molecule has 0 radical (unpaired) electrons. The SMILES string of the molecule is c1cc(-c2ccsc2)c2cc(-c3cc(-c4cncc(CN5CCCC5)c4)[nH]n3)[nH]c2c1. The highest BCUT2D eigenvalue weighted by molar-refractivity contribution is 7.08. The minimum Gasteiger partial charge on any atom is -0.353 e. The van der Waals surface area contributed by atoms with Crippen molar-refractivity contribution < 1.29 is 0 Å². The predicted molar refractivity (Wildman–Crippen MR) is 127 cm³/mol. The molecule has 1 aliphatic rings. The van der Waals surface area contributed by atoms with Gasteiger partial charge in [-0.05, 0) is 83.7 Å². The van der Waals surface area contributed by atoms with Crippen LogP contribution in [0, 0.1) is 0 Å². The molecule has 0 saturated carbocycles. The second-order valence-corrected chi connectivity index (χ2v) is 8.97. The van der Waals surface area contributed by atoms with Gasteiger partial charge in [-0.1, -0.05) is 12.1 Å². The number of nitrogens with zero attached hydrogens (tertiary/aromatic N) is 3. The molecule has 1 fully saturated rings. The maximum absolute atomic E-state index is 4.59. The van der Waals surface area contributed by atoms with E-state index in [2.05, 4.69) is 78.3 Å². The summed E-state index contributed by atoms with van der Waals surface area (Å²) in [6.07, 6.45) is 6.48. The Labute approximate surface area is 184 Å². The molecule has 31 heavy (non-hydrogen) atoms. The normalized spacial score (nSPS) is 14.6. The summed E-state index contributed by atoms with van der Waals surface area (Å²) < 4.78 is 0. The predicted octanol–water partition coefficient (Wildman–Crippen LogP) is 5.94. The first-order valence-electron chi connectivity index (χ1n) is 10.7. The lowest BCUT2D eigenvalue weighted by Gasteiger charge is -2.14. The van der Waals surface area contributed by atoms with E-state index in [0.717, 1.165) is 34.7 Å². The molecule has 0 bridgehead atoms. The van der Waals surface area contributed by atoms with Gasteiger partial charge in [0.25, 0.3) is 0 Å². The van der Waals surface area contributed by atoms with E-state index in [4.69, 9.17) is 0 Å². The summed E-state index contributed by atoms with van der Waals surface area (Å²) in [5, 5.41) is 13.3. The average Bonchev–Trinajstić information content (AvgIpc) is 3.60. The highest BCUT2D eigenvalue weighted by Gasteiger charge is 2.14. The van der Waals surface area contributed by atoms with Crippen LogP contribution in [-0.4, -0.2) is 38.2 Å². The summed E-state index contributed by atoms with van der Waals surface area (Å²) in [6, 6.07) is 15.1. The maximum Gasteiger partial charge on any atom is 0.109 e. The second kappa shape index (κ2) is 7.80. The zero-order valence-corrected chi connectivity index (χ0v) is 18.0. The fourth-order valence-corrected chi connectivity index (χ4v) is 5.15. The number of nitrogens with one attached hydrogen (secondary N) is 2. The monoisotopic (exact) mass is 425 g/mol. The van der Waals surface area contributed by atoms with Crippen LogP contribution in [0.2, 0.25) is 0 Å². The molecular formula is C25H23N5S. The minimum absolute atomic E-state index is 0.910. The van der Waals surface area contributed by atoms with E-state index in [-0.39, 0.29) is 0 Å². The molecule has 5 heterocycles. The number of fused-ring (bicyclic) bond motifs is 1. The van der Waals surface area contributed by atoms with Crippen molar-refractivity contribution in [2.75, 3.05) is 13.1 Å². The Morgan fingerprint density at radius 1 is 0.968 bits per heavy atom. The molecule has 1 aliphatic heterocycles. The Bertz CT molecular complexity index is 1330. The molecule has 1 saturated heterocycles. The van der Waals surface area contributed by atoms with Crippen LogP contribution >= 0.6 is 11.3 Å². The van der Waals surface area contributed by atoms with Crippen LogP contribution in [-0.2, 0) is 6.54 Å². The summed E-state index contributed by atoms with van der Waals surface area (Å²) in [7, 11) is 0. The molecule has 1 aromatic carbocycles. The van der Waals surface area contributed by atoms with Gasteiger partial charge in [-0.2, -0.15) is 16.4 Å². The topological polar surface area (TPSA) is 60.6 Å². The Morgan fingerprint density at radius 3 is 2.77 bits per heavy atom. The molecule has 5 nitrogen and oxygen atoms in total. The molecule has 0 atom stereocenters. The van der Waals surface area contributed by atoms with Crippen molar-refractivity contribution in [3.05, 3.63) is 71.2 Å². The quantitative estimate of drug-likeness (QED) is 0.366. The number of pyridine rings is 1. The van der Waals surface area contributed by atoms with E-state index in [1.807, 2.05) is 12.4 Å². The molecule has 6 rings (SSSR count). The van der Waals surface area contributed by atoms with E-state index in [1.54, 1.807) is 11.3 Å². The number of rotatable bonds is 5. The molecule has 2 N–H and O–H groups in total. The van der Waals surface area contributed by atoms with Gasteiger partial charge in [-0.3, -0.25) is 15.0 Å². The van der Waals surface area contributed by atoms with E-state index in [0.29, 0.717) is 0 Å². The van der Waals surface area contributed by atoms with E-state index < -0.39 is 0 Å². The standard InChI is InChI=1S/C25H23N5S/c1-2-8-30(7-1)15-17-10-19(14-26-13-17)23-12-25(29-28-23)24-11-21-20(18-6-9-31-16-18)4-3-5-22(21)27-24/h3-6,9-14,16,27H,1-2,7-8,15H2,(H,28,29). The molecule has 5 aromatic rings. The molecule has 6 heteroatoms. The third-order valence-electron chi connectivity index (χ3n) is 6.06. The highest BCUT2D eigenvalue weighted by Crippen LogP contribution is 2.33. The largest absolute Gasteiger partial charge is 0.353 e. The van der Waals surface area contributed by atoms with E-state index >= 15 is 0 Å². The third kappa shape index (κ3) is 3.58. The van der Waals surface area contributed by atoms with E-state index in [1.165, 1.54) is 48.0 Å². The highest BCUT2D eigenvalue weighted by atomic mass is 32.1. The van der Waals surface area contributed by atoms with Crippen molar-refractivity contribution in [2.24, 2.45) is 0 Å². The smallest absolute Gasteiger partial charge is 0.109 e. The zero-order valence-electron chi connectivity index (χ0n) is 17.1. The number of hydrogen-bond donors (Lipinski definition) is 2. The summed E-state index contributed by atoms with van der Waals surface area (Å²) in [6.45, 7) is 3.34. The number of H-pyrrole nitrogens is 2. The number of likely N-dealkylation sites (tertiary alicyclic amines) is 1. The van der Waals surface area contributed by atoms with Crippen molar-refractivity contribution in [1.82, 2.24) is 25.1 Å². The summed E-state index contributed by atoms with van der Waals surface area (Å²) in [5.74, 6) is 0. The average molecular weight is 426 g/mol. The van der Waals surface area contributed by atoms with Crippen LogP contribution in [0.4, 0.5) is 0 Å². The van der Waals surface area contributed by atoms with Gasteiger partial charge in [0.15, 0.2) is 0 Å². The fraction of sp³-hybridized carbons (Fsp3) is 0.200. The fourth-order valence-electron chi connectivity index (χ4n) is 4.49. The van der Waals surface area contributed by atoms with Crippen LogP contribution < -0.4 is 0 Å². The summed E-state index contributed by atoms with van der Waals surface area (Å²) >= 11 is 1.72. The third-order valence-corrected chi connectivity index (χ3v) is 6.74. The van der Waals surface area contributed by atoms with Gasteiger partial charge in [0.1, 0.15) is 5.69 Å². The van der Waals surface area contributed by atoms with Gasteiger partial charge in [-0.15, -0.1) is 0 Å². The van der Waals surface area contributed by atoms with Crippen molar-refractivity contribution in [2.45, 2.75) is 19.4 Å². The van der Waals surface area contributed by atoms with Gasteiger partial charge in [-0.25, -0.2) is 0 Å². The maximum atomic E-state index is 4.59.